The van der Waals surface area contributed by atoms with Crippen LogP contribution in [0.3, 0.4) is 0 Å². The second-order valence-corrected chi connectivity index (χ2v) is 5.71. The normalized spacial score (nSPS) is 11.0. The van der Waals surface area contributed by atoms with Gasteiger partial charge in [0.15, 0.2) is 0 Å². The number of pyridine rings is 1. The fraction of sp³-hybridized carbons (Fsp3) is 0.0526. The number of benzene rings is 2. The number of nitrogens with zero attached hydrogens (tertiary/aromatic N) is 1. The van der Waals surface area contributed by atoms with Crippen molar-refractivity contribution in [2.24, 2.45) is 7.05 Å². The number of aromatic nitrogens is 2. The Bertz CT molecular complexity index is 1140. The maximum atomic E-state index is 12.7. The number of aryl methyl sites for hydroxylation is 1. The molecule has 0 radical (unpaired) electrons. The number of nitrogens with one attached hydrogen (secondary N) is 2. The van der Waals surface area contributed by atoms with E-state index >= 15 is 0 Å². The van der Waals surface area contributed by atoms with E-state index in [0.29, 0.717) is 11.3 Å². The molecule has 0 aliphatic heterocycles. The van der Waals surface area contributed by atoms with Crippen molar-refractivity contribution in [1.29, 1.82) is 0 Å². The molecule has 1 amide bonds. The summed E-state index contributed by atoms with van der Waals surface area (Å²) < 4.78 is 1.54. The van der Waals surface area contributed by atoms with E-state index in [2.05, 4.69) is 10.3 Å². The van der Waals surface area contributed by atoms with Crippen LogP contribution in [0.25, 0.3) is 21.8 Å². The van der Waals surface area contributed by atoms with Gasteiger partial charge in [0.05, 0.1) is 11.1 Å². The van der Waals surface area contributed by atoms with Crippen molar-refractivity contribution in [3.05, 3.63) is 76.7 Å². The van der Waals surface area contributed by atoms with E-state index in [1.54, 1.807) is 7.05 Å². The summed E-state index contributed by atoms with van der Waals surface area (Å²) in [6, 6.07) is 16.3. The summed E-state index contributed by atoms with van der Waals surface area (Å²) in [5.74, 6) is -0.293. The zero-order valence-corrected chi connectivity index (χ0v) is 13.0. The van der Waals surface area contributed by atoms with Crippen LogP contribution in [0.2, 0.25) is 0 Å². The first-order valence-electron chi connectivity index (χ1n) is 7.61. The lowest BCUT2D eigenvalue weighted by molar-refractivity contribution is 0.102. The lowest BCUT2D eigenvalue weighted by Crippen LogP contribution is -2.21. The smallest absolute Gasteiger partial charge is 0.256 e. The van der Waals surface area contributed by atoms with Crippen LogP contribution in [0, 0.1) is 0 Å². The fourth-order valence-electron chi connectivity index (χ4n) is 2.93. The first-order valence-corrected chi connectivity index (χ1v) is 7.61. The fourth-order valence-corrected chi connectivity index (χ4v) is 2.93. The molecule has 2 aromatic heterocycles. The predicted molar refractivity (Wildman–Crippen MR) is 95.4 cm³/mol. The Kier molecular flexibility index (Phi) is 3.20. The number of para-hydroxylation sites is 1. The van der Waals surface area contributed by atoms with Crippen LogP contribution in [0.4, 0.5) is 5.69 Å². The number of carbonyl (C=O) groups is 1. The van der Waals surface area contributed by atoms with Gasteiger partial charge in [-0.1, -0.05) is 18.2 Å². The van der Waals surface area contributed by atoms with E-state index in [9.17, 15) is 9.59 Å². The van der Waals surface area contributed by atoms with Crippen LogP contribution in [0.5, 0.6) is 0 Å². The Morgan fingerprint density at radius 3 is 2.79 bits per heavy atom. The highest BCUT2D eigenvalue weighted by Crippen LogP contribution is 2.21. The van der Waals surface area contributed by atoms with Crippen molar-refractivity contribution in [2.75, 3.05) is 5.32 Å². The van der Waals surface area contributed by atoms with Crippen molar-refractivity contribution >= 4 is 33.4 Å². The number of aromatic amines is 1. The lowest BCUT2D eigenvalue weighted by atomic mass is 10.1. The van der Waals surface area contributed by atoms with Gasteiger partial charge in [-0.2, -0.15) is 0 Å². The third-order valence-electron chi connectivity index (χ3n) is 4.21. The standard InChI is InChI=1S/C19H15N3O2/c1-22-17-5-3-2-4-14(17)15(11-18(22)23)19(24)21-13-6-7-16-12(10-13)8-9-20-16/h2-11,20H,1H3,(H,21,24). The molecule has 4 rings (SSSR count). The van der Waals surface area contributed by atoms with Gasteiger partial charge in [-0.05, 0) is 30.3 Å². The van der Waals surface area contributed by atoms with Crippen molar-refractivity contribution in [1.82, 2.24) is 9.55 Å². The molecular formula is C19H15N3O2. The van der Waals surface area contributed by atoms with Gasteiger partial charge in [-0.25, -0.2) is 0 Å². The predicted octanol–water partition coefficient (Wildman–Crippen LogP) is 3.27. The second kappa shape index (κ2) is 5.38. The molecule has 0 saturated heterocycles. The van der Waals surface area contributed by atoms with Gasteiger partial charge >= 0.3 is 0 Å². The number of anilines is 1. The minimum absolute atomic E-state index is 0.208. The zero-order chi connectivity index (χ0) is 16.7. The number of fused-ring (bicyclic) bond motifs is 2. The Balaban J connectivity index is 1.78. The second-order valence-electron chi connectivity index (χ2n) is 5.71. The number of hydrogen-bond acceptors (Lipinski definition) is 2. The number of hydrogen-bond donors (Lipinski definition) is 2. The van der Waals surface area contributed by atoms with E-state index in [1.807, 2.05) is 54.7 Å². The molecule has 0 atom stereocenters. The quantitative estimate of drug-likeness (QED) is 0.596. The summed E-state index contributed by atoms with van der Waals surface area (Å²) in [5, 5.41) is 4.64. The van der Waals surface area contributed by atoms with Crippen LogP contribution < -0.4 is 10.9 Å². The highest BCUT2D eigenvalue weighted by atomic mass is 16.2. The van der Waals surface area contributed by atoms with E-state index < -0.39 is 0 Å². The number of amides is 1. The summed E-state index contributed by atoms with van der Waals surface area (Å²) in [4.78, 5) is 27.9. The Labute approximate surface area is 137 Å². The van der Waals surface area contributed by atoms with Gasteiger partial charge in [-0.3, -0.25) is 9.59 Å². The molecule has 2 heterocycles. The molecule has 24 heavy (non-hydrogen) atoms. The number of rotatable bonds is 2. The number of H-pyrrole nitrogens is 1. The maximum absolute atomic E-state index is 12.7. The molecular weight excluding hydrogens is 302 g/mol. The maximum Gasteiger partial charge on any atom is 0.256 e. The Morgan fingerprint density at radius 1 is 1.08 bits per heavy atom. The lowest BCUT2D eigenvalue weighted by Gasteiger charge is -2.10. The molecule has 2 aromatic carbocycles. The van der Waals surface area contributed by atoms with Crippen LogP contribution in [0.1, 0.15) is 10.4 Å². The molecule has 0 fully saturated rings. The molecule has 0 saturated carbocycles. The average molecular weight is 317 g/mol. The van der Waals surface area contributed by atoms with Crippen molar-refractivity contribution < 1.29 is 4.79 Å². The largest absolute Gasteiger partial charge is 0.361 e. The Hall–Kier alpha value is -3.34. The van der Waals surface area contributed by atoms with Crippen LogP contribution in [-0.4, -0.2) is 15.5 Å². The molecule has 0 aliphatic carbocycles. The SMILES string of the molecule is Cn1c(=O)cc(C(=O)Nc2ccc3[nH]ccc3c2)c2ccccc21. The average Bonchev–Trinajstić information content (AvgIpc) is 3.06. The molecule has 2 N–H and O–H groups in total. The third kappa shape index (κ3) is 2.27. The first kappa shape index (κ1) is 14.3. The third-order valence-corrected chi connectivity index (χ3v) is 4.21. The highest BCUT2D eigenvalue weighted by Gasteiger charge is 2.13. The minimum atomic E-state index is -0.293. The zero-order valence-electron chi connectivity index (χ0n) is 13.0. The van der Waals surface area contributed by atoms with Crippen LogP contribution in [-0.2, 0) is 7.05 Å². The number of carbonyl (C=O) groups excluding carboxylic acids is 1. The molecule has 0 aliphatic rings. The summed E-state index contributed by atoms with van der Waals surface area (Å²) in [7, 11) is 1.70. The van der Waals surface area contributed by atoms with E-state index in [-0.39, 0.29) is 11.5 Å². The van der Waals surface area contributed by atoms with Gasteiger partial charge in [0.25, 0.3) is 11.5 Å². The molecule has 118 valence electrons. The summed E-state index contributed by atoms with van der Waals surface area (Å²) in [6.45, 7) is 0. The summed E-state index contributed by atoms with van der Waals surface area (Å²) >= 11 is 0. The highest BCUT2D eigenvalue weighted by molar-refractivity contribution is 6.12. The topological polar surface area (TPSA) is 66.9 Å². The van der Waals surface area contributed by atoms with E-state index in [1.165, 1.54) is 10.6 Å². The molecule has 5 heteroatoms. The van der Waals surface area contributed by atoms with Gasteiger partial charge in [-0.15, -0.1) is 0 Å². The molecule has 4 aromatic rings. The summed E-state index contributed by atoms with van der Waals surface area (Å²) in [5.41, 5.74) is 2.60. The van der Waals surface area contributed by atoms with Gasteiger partial charge in [0, 0.05) is 41.3 Å². The Morgan fingerprint density at radius 2 is 1.92 bits per heavy atom. The van der Waals surface area contributed by atoms with Gasteiger partial charge in [0.1, 0.15) is 0 Å². The van der Waals surface area contributed by atoms with Crippen LogP contribution in [0.15, 0.2) is 65.6 Å². The molecule has 0 spiro atoms. The van der Waals surface area contributed by atoms with Crippen molar-refractivity contribution in [3.8, 4) is 0 Å². The van der Waals surface area contributed by atoms with Gasteiger partial charge < -0.3 is 14.9 Å². The molecule has 5 nitrogen and oxygen atoms in total. The van der Waals surface area contributed by atoms with Crippen LogP contribution >= 0.6 is 0 Å². The molecule has 0 unspecified atom stereocenters. The first-order chi connectivity index (χ1) is 11.6. The molecule has 0 bridgehead atoms. The van der Waals surface area contributed by atoms with Crippen molar-refractivity contribution in [2.45, 2.75) is 0 Å². The minimum Gasteiger partial charge on any atom is -0.361 e. The van der Waals surface area contributed by atoms with Crippen molar-refractivity contribution in [3.63, 3.8) is 0 Å². The van der Waals surface area contributed by atoms with Gasteiger partial charge in [0.2, 0.25) is 0 Å². The monoisotopic (exact) mass is 317 g/mol. The van der Waals surface area contributed by atoms with E-state index in [4.69, 9.17) is 0 Å². The van der Waals surface area contributed by atoms with E-state index in [0.717, 1.165) is 21.8 Å². The summed E-state index contributed by atoms with van der Waals surface area (Å²) in [6.07, 6.45) is 1.85.